The number of esters is 1. The molecule has 0 fully saturated rings. The molecule has 0 saturated heterocycles. The molecule has 0 aromatic heterocycles. The molecule has 2 N–H and O–H groups in total. The average molecular weight is 315 g/mol. The highest BCUT2D eigenvalue weighted by atomic mass is 16.6. The van der Waals surface area contributed by atoms with Crippen LogP contribution in [0.1, 0.15) is 40.0 Å². The normalized spacial score (nSPS) is 12.1. The minimum Gasteiger partial charge on any atom is -0.481 e. The van der Waals surface area contributed by atoms with Crippen molar-refractivity contribution >= 4 is 18.0 Å². The predicted molar refractivity (Wildman–Crippen MR) is 80.4 cm³/mol. The van der Waals surface area contributed by atoms with E-state index in [0.29, 0.717) is 6.42 Å². The van der Waals surface area contributed by atoms with E-state index < -0.39 is 29.6 Å². The zero-order chi connectivity index (χ0) is 17.2. The standard InChI is InChI=1S/C15H25NO6/c1-5-9-21-12(17)8-6-7-11(13(18)19)10-16-14(20)22-15(2,3)4/h5,11H,1,6-10H2,2-4H3,(H,16,20)(H,18,19)/t11-/m1/s1. The summed E-state index contributed by atoms with van der Waals surface area (Å²) < 4.78 is 9.82. The lowest BCUT2D eigenvalue weighted by atomic mass is 10.0. The fraction of sp³-hybridized carbons (Fsp3) is 0.667. The van der Waals surface area contributed by atoms with Crippen molar-refractivity contribution in [2.75, 3.05) is 13.2 Å². The van der Waals surface area contributed by atoms with Crippen LogP contribution in [0.4, 0.5) is 4.79 Å². The number of hydrogen-bond donors (Lipinski definition) is 2. The molecule has 0 spiro atoms. The molecule has 0 unspecified atom stereocenters. The Morgan fingerprint density at radius 1 is 1.32 bits per heavy atom. The Morgan fingerprint density at radius 2 is 1.95 bits per heavy atom. The Labute approximate surface area is 130 Å². The van der Waals surface area contributed by atoms with Crippen molar-refractivity contribution in [2.24, 2.45) is 5.92 Å². The summed E-state index contributed by atoms with van der Waals surface area (Å²) in [6.07, 6.45) is 1.55. The van der Waals surface area contributed by atoms with Crippen LogP contribution in [0.3, 0.4) is 0 Å². The van der Waals surface area contributed by atoms with E-state index in [2.05, 4.69) is 11.9 Å². The SMILES string of the molecule is C=CCOC(=O)CCC[C@H](CNC(=O)OC(C)(C)C)C(=O)O. The zero-order valence-corrected chi connectivity index (χ0v) is 13.4. The molecule has 0 aromatic rings. The molecule has 0 aliphatic heterocycles. The van der Waals surface area contributed by atoms with Gasteiger partial charge < -0.3 is 19.9 Å². The fourth-order valence-corrected chi connectivity index (χ4v) is 1.55. The largest absolute Gasteiger partial charge is 0.481 e. The number of carbonyl (C=O) groups excluding carboxylic acids is 2. The molecular formula is C15H25NO6. The molecule has 0 heterocycles. The Hall–Kier alpha value is -2.05. The number of carbonyl (C=O) groups is 3. The Bertz CT molecular complexity index is 399. The maximum absolute atomic E-state index is 11.5. The highest BCUT2D eigenvalue weighted by molar-refractivity contribution is 5.73. The second kappa shape index (κ2) is 9.81. The maximum atomic E-state index is 11.5. The third kappa shape index (κ3) is 10.7. The van der Waals surface area contributed by atoms with Crippen molar-refractivity contribution in [2.45, 2.75) is 45.6 Å². The van der Waals surface area contributed by atoms with E-state index in [1.165, 1.54) is 6.08 Å². The first-order valence-electron chi connectivity index (χ1n) is 7.12. The van der Waals surface area contributed by atoms with Gasteiger partial charge in [-0.3, -0.25) is 9.59 Å². The number of amides is 1. The van der Waals surface area contributed by atoms with Crippen molar-refractivity contribution in [3.63, 3.8) is 0 Å². The van der Waals surface area contributed by atoms with Crippen molar-refractivity contribution in [1.82, 2.24) is 5.32 Å². The molecule has 22 heavy (non-hydrogen) atoms. The number of hydrogen-bond acceptors (Lipinski definition) is 5. The van der Waals surface area contributed by atoms with E-state index in [4.69, 9.17) is 14.6 Å². The molecule has 0 aliphatic carbocycles. The van der Waals surface area contributed by atoms with Gasteiger partial charge in [-0.15, -0.1) is 0 Å². The van der Waals surface area contributed by atoms with Crippen LogP contribution in [0.25, 0.3) is 0 Å². The van der Waals surface area contributed by atoms with Crippen LogP contribution in [-0.4, -0.2) is 41.9 Å². The van der Waals surface area contributed by atoms with Gasteiger partial charge in [-0.2, -0.15) is 0 Å². The molecule has 7 heteroatoms. The van der Waals surface area contributed by atoms with Gasteiger partial charge >= 0.3 is 18.0 Å². The zero-order valence-electron chi connectivity index (χ0n) is 13.4. The van der Waals surface area contributed by atoms with E-state index in [-0.39, 0.29) is 26.0 Å². The summed E-state index contributed by atoms with van der Waals surface area (Å²) in [7, 11) is 0. The highest BCUT2D eigenvalue weighted by Gasteiger charge is 2.21. The van der Waals surface area contributed by atoms with Gasteiger partial charge in [0, 0.05) is 13.0 Å². The summed E-state index contributed by atoms with van der Waals surface area (Å²) in [6, 6.07) is 0. The second-order valence-corrected chi connectivity index (χ2v) is 5.78. The molecule has 0 aromatic carbocycles. The van der Waals surface area contributed by atoms with Gasteiger partial charge in [0.15, 0.2) is 0 Å². The van der Waals surface area contributed by atoms with E-state index in [9.17, 15) is 14.4 Å². The van der Waals surface area contributed by atoms with E-state index >= 15 is 0 Å². The summed E-state index contributed by atoms with van der Waals surface area (Å²) in [4.78, 5) is 33.9. The minimum absolute atomic E-state index is 0.0497. The van der Waals surface area contributed by atoms with Gasteiger partial charge in [-0.1, -0.05) is 12.7 Å². The molecule has 0 aliphatic rings. The summed E-state index contributed by atoms with van der Waals surface area (Å²) in [5.74, 6) is -2.21. The van der Waals surface area contributed by atoms with Gasteiger partial charge in [0.05, 0.1) is 5.92 Å². The lowest BCUT2D eigenvalue weighted by Crippen LogP contribution is -2.37. The predicted octanol–water partition coefficient (Wildman–Crippen LogP) is 2.11. The van der Waals surface area contributed by atoms with Crippen molar-refractivity contribution in [1.29, 1.82) is 0 Å². The number of rotatable bonds is 9. The van der Waals surface area contributed by atoms with Crippen LogP contribution in [0.5, 0.6) is 0 Å². The first kappa shape index (κ1) is 19.9. The van der Waals surface area contributed by atoms with Crippen molar-refractivity contribution < 1.29 is 29.0 Å². The number of alkyl carbamates (subject to hydrolysis) is 1. The lowest BCUT2D eigenvalue weighted by Gasteiger charge is -2.20. The van der Waals surface area contributed by atoms with Gasteiger partial charge in [-0.05, 0) is 33.6 Å². The average Bonchev–Trinajstić information content (AvgIpc) is 2.37. The third-order valence-electron chi connectivity index (χ3n) is 2.54. The number of carboxylic acid groups (broad SMARTS) is 1. The molecule has 126 valence electrons. The summed E-state index contributed by atoms with van der Waals surface area (Å²) >= 11 is 0. The summed E-state index contributed by atoms with van der Waals surface area (Å²) in [6.45, 7) is 8.67. The lowest BCUT2D eigenvalue weighted by molar-refractivity contribution is -0.144. The van der Waals surface area contributed by atoms with Gasteiger partial charge in [0.2, 0.25) is 0 Å². The van der Waals surface area contributed by atoms with Gasteiger partial charge in [0.1, 0.15) is 12.2 Å². The van der Waals surface area contributed by atoms with Crippen LogP contribution in [-0.2, 0) is 19.1 Å². The monoisotopic (exact) mass is 315 g/mol. The highest BCUT2D eigenvalue weighted by Crippen LogP contribution is 2.10. The first-order chi connectivity index (χ1) is 10.2. The smallest absolute Gasteiger partial charge is 0.407 e. The van der Waals surface area contributed by atoms with E-state index in [1.807, 2.05) is 0 Å². The molecule has 7 nitrogen and oxygen atoms in total. The molecule has 0 rings (SSSR count). The summed E-state index contributed by atoms with van der Waals surface area (Å²) in [5, 5.41) is 11.5. The summed E-state index contributed by atoms with van der Waals surface area (Å²) in [5.41, 5.74) is -0.641. The van der Waals surface area contributed by atoms with Crippen LogP contribution < -0.4 is 5.32 Å². The molecule has 0 bridgehead atoms. The Balaban J connectivity index is 4.12. The Morgan fingerprint density at radius 3 is 2.45 bits per heavy atom. The molecular weight excluding hydrogens is 290 g/mol. The number of ether oxygens (including phenoxy) is 2. The maximum Gasteiger partial charge on any atom is 0.407 e. The quantitative estimate of drug-likeness (QED) is 0.499. The number of aliphatic carboxylic acids is 1. The molecule has 0 radical (unpaired) electrons. The van der Waals surface area contributed by atoms with Crippen LogP contribution >= 0.6 is 0 Å². The minimum atomic E-state index is -1.03. The first-order valence-corrected chi connectivity index (χ1v) is 7.12. The van der Waals surface area contributed by atoms with E-state index in [0.717, 1.165) is 0 Å². The molecule has 1 atom stereocenters. The van der Waals surface area contributed by atoms with Crippen LogP contribution in [0.2, 0.25) is 0 Å². The number of nitrogens with one attached hydrogen (secondary N) is 1. The molecule has 1 amide bonds. The third-order valence-corrected chi connectivity index (χ3v) is 2.54. The van der Waals surface area contributed by atoms with Crippen molar-refractivity contribution in [3.05, 3.63) is 12.7 Å². The fourth-order valence-electron chi connectivity index (χ4n) is 1.55. The second-order valence-electron chi connectivity index (χ2n) is 5.78. The van der Waals surface area contributed by atoms with Crippen molar-refractivity contribution in [3.8, 4) is 0 Å². The van der Waals surface area contributed by atoms with Crippen LogP contribution in [0, 0.1) is 5.92 Å². The van der Waals surface area contributed by atoms with Gasteiger partial charge in [0.25, 0.3) is 0 Å². The van der Waals surface area contributed by atoms with Gasteiger partial charge in [-0.25, -0.2) is 4.79 Å². The Kier molecular flexibility index (Phi) is 8.89. The van der Waals surface area contributed by atoms with Crippen LogP contribution in [0.15, 0.2) is 12.7 Å². The topological polar surface area (TPSA) is 102 Å². The van der Waals surface area contributed by atoms with E-state index in [1.54, 1.807) is 20.8 Å². The number of carboxylic acids is 1. The molecule has 0 saturated carbocycles.